The van der Waals surface area contributed by atoms with Gasteiger partial charge in [0.15, 0.2) is 0 Å². The van der Waals surface area contributed by atoms with Gasteiger partial charge < -0.3 is 10.0 Å². The van der Waals surface area contributed by atoms with E-state index in [-0.39, 0.29) is 17.5 Å². The van der Waals surface area contributed by atoms with Gasteiger partial charge in [0.2, 0.25) is 5.67 Å². The molecule has 5 rings (SSSR count). The number of benzene rings is 3. The smallest absolute Gasteiger partial charge is 0.426 e. The number of nitrogens with zero attached hydrogens (tertiary/aromatic N) is 1. The lowest BCUT2D eigenvalue weighted by molar-refractivity contribution is -0.228. The molecular formula is C30H26F5NO3. The normalized spacial score (nSPS) is 22.1. The van der Waals surface area contributed by atoms with Crippen LogP contribution in [0.5, 0.6) is 0 Å². The van der Waals surface area contributed by atoms with Crippen molar-refractivity contribution in [3.63, 3.8) is 0 Å². The summed E-state index contributed by atoms with van der Waals surface area (Å²) in [6.45, 7) is 0.885. The predicted molar refractivity (Wildman–Crippen MR) is 134 cm³/mol. The minimum absolute atomic E-state index is 0.0553. The Morgan fingerprint density at radius 1 is 0.974 bits per heavy atom. The topological polar surface area (TPSA) is 57.6 Å². The van der Waals surface area contributed by atoms with Crippen molar-refractivity contribution in [3.05, 3.63) is 106 Å². The van der Waals surface area contributed by atoms with Gasteiger partial charge in [0.25, 0.3) is 5.91 Å². The standard InChI is InChI=1S/C30H26F5NO3/c1-28(32,30(33,34)35)22-9-12-24-21(16-22)8-13-25-29(24,17-18-2-10-23(31)11-3-18)14-15-36(25)26(37)19-4-6-20(7-5-19)27(38)39/h2-7,9-12,16,25H,8,13-15,17H2,1H3,(H,38,39)/t25-,28?,29-/m1/s1. The number of alkyl halides is 4. The molecule has 1 N–H and O–H groups in total. The minimum atomic E-state index is -5.07. The maximum atomic E-state index is 14.8. The zero-order valence-corrected chi connectivity index (χ0v) is 21.1. The summed E-state index contributed by atoms with van der Waals surface area (Å²) >= 11 is 0. The molecule has 1 saturated heterocycles. The van der Waals surface area contributed by atoms with Crippen LogP contribution >= 0.6 is 0 Å². The third-order valence-corrected chi connectivity index (χ3v) is 8.29. The molecule has 4 nitrogen and oxygen atoms in total. The third-order valence-electron chi connectivity index (χ3n) is 8.29. The number of carboxylic acids is 1. The highest BCUT2D eigenvalue weighted by molar-refractivity contribution is 5.96. The Morgan fingerprint density at radius 2 is 1.62 bits per heavy atom. The van der Waals surface area contributed by atoms with Crippen LogP contribution in [0, 0.1) is 5.82 Å². The zero-order valence-electron chi connectivity index (χ0n) is 21.1. The molecule has 1 unspecified atom stereocenters. The summed E-state index contributed by atoms with van der Waals surface area (Å²) in [7, 11) is 0. The van der Waals surface area contributed by atoms with E-state index in [9.17, 15) is 36.6 Å². The van der Waals surface area contributed by atoms with Crippen LogP contribution < -0.4 is 0 Å². The summed E-state index contributed by atoms with van der Waals surface area (Å²) in [5, 5.41) is 9.17. The molecule has 204 valence electrons. The van der Waals surface area contributed by atoms with Gasteiger partial charge in [-0.25, -0.2) is 13.6 Å². The molecule has 1 amide bonds. The summed E-state index contributed by atoms with van der Waals surface area (Å²) in [6.07, 6.45) is -3.35. The van der Waals surface area contributed by atoms with E-state index in [0.717, 1.165) is 11.1 Å². The van der Waals surface area contributed by atoms with Crippen molar-refractivity contribution < 1.29 is 36.6 Å². The average Bonchev–Trinajstić information content (AvgIpc) is 3.28. The van der Waals surface area contributed by atoms with Gasteiger partial charge >= 0.3 is 12.1 Å². The van der Waals surface area contributed by atoms with Crippen molar-refractivity contribution in [1.82, 2.24) is 4.90 Å². The molecule has 1 aliphatic carbocycles. The number of carbonyl (C=O) groups excluding carboxylic acids is 1. The fourth-order valence-electron chi connectivity index (χ4n) is 6.15. The maximum absolute atomic E-state index is 14.8. The molecule has 2 aliphatic rings. The van der Waals surface area contributed by atoms with Crippen LogP contribution in [0.2, 0.25) is 0 Å². The van der Waals surface area contributed by atoms with Gasteiger partial charge in [0.1, 0.15) is 5.82 Å². The molecule has 0 spiro atoms. The molecule has 0 bridgehead atoms. The summed E-state index contributed by atoms with van der Waals surface area (Å²) in [6, 6.07) is 15.4. The second kappa shape index (κ2) is 9.47. The Morgan fingerprint density at radius 3 is 2.23 bits per heavy atom. The molecule has 1 fully saturated rings. The van der Waals surface area contributed by atoms with E-state index in [2.05, 4.69) is 0 Å². The first-order valence-corrected chi connectivity index (χ1v) is 12.6. The van der Waals surface area contributed by atoms with Gasteiger partial charge in [-0.2, -0.15) is 13.2 Å². The fourth-order valence-corrected chi connectivity index (χ4v) is 6.15. The number of carboxylic acid groups (broad SMARTS) is 1. The molecular weight excluding hydrogens is 517 g/mol. The largest absolute Gasteiger partial charge is 0.478 e. The van der Waals surface area contributed by atoms with E-state index in [4.69, 9.17) is 0 Å². The number of amides is 1. The highest BCUT2D eigenvalue weighted by Crippen LogP contribution is 2.51. The van der Waals surface area contributed by atoms with Crippen LogP contribution in [0.3, 0.4) is 0 Å². The molecule has 1 heterocycles. The van der Waals surface area contributed by atoms with Crippen LogP contribution in [-0.2, 0) is 23.9 Å². The molecule has 0 aromatic heterocycles. The maximum Gasteiger partial charge on any atom is 0.426 e. The van der Waals surface area contributed by atoms with Crippen LogP contribution in [0.25, 0.3) is 0 Å². The Kier molecular flexibility index (Phi) is 6.51. The average molecular weight is 544 g/mol. The number of hydrogen-bond donors (Lipinski definition) is 1. The van der Waals surface area contributed by atoms with Crippen molar-refractivity contribution in [1.29, 1.82) is 0 Å². The second-order valence-corrected chi connectivity index (χ2v) is 10.5. The lowest BCUT2D eigenvalue weighted by atomic mass is 9.63. The summed E-state index contributed by atoms with van der Waals surface area (Å²) in [5.41, 5.74) is -2.08. The van der Waals surface area contributed by atoms with Crippen molar-refractivity contribution >= 4 is 11.9 Å². The quantitative estimate of drug-likeness (QED) is 0.369. The van der Waals surface area contributed by atoms with E-state index < -0.39 is 34.6 Å². The van der Waals surface area contributed by atoms with Crippen LogP contribution in [0.1, 0.15) is 62.7 Å². The van der Waals surface area contributed by atoms with Gasteiger partial charge in [-0.3, -0.25) is 4.79 Å². The Bertz CT molecular complexity index is 1420. The lowest BCUT2D eigenvalue weighted by Crippen LogP contribution is -2.49. The molecule has 39 heavy (non-hydrogen) atoms. The van der Waals surface area contributed by atoms with Crippen molar-refractivity contribution in [2.24, 2.45) is 0 Å². The third kappa shape index (κ3) is 4.57. The van der Waals surface area contributed by atoms with Gasteiger partial charge in [0, 0.05) is 23.6 Å². The van der Waals surface area contributed by atoms with E-state index >= 15 is 0 Å². The first-order valence-electron chi connectivity index (χ1n) is 12.6. The van der Waals surface area contributed by atoms with Crippen molar-refractivity contribution in [2.75, 3.05) is 6.54 Å². The predicted octanol–water partition coefficient (Wildman–Crippen LogP) is 6.61. The zero-order chi connectivity index (χ0) is 28.2. The SMILES string of the molecule is CC(F)(c1ccc2c(c1)CC[C@H]1N(C(=O)c3ccc(C(=O)O)cc3)CC[C@@]21Cc1ccc(F)cc1)C(F)(F)F. The Labute approximate surface area is 222 Å². The number of aromatic carboxylic acids is 1. The van der Waals surface area contributed by atoms with E-state index in [1.165, 1.54) is 48.5 Å². The number of carbonyl (C=O) groups is 2. The summed E-state index contributed by atoms with van der Waals surface area (Å²) in [4.78, 5) is 26.5. The number of hydrogen-bond acceptors (Lipinski definition) is 2. The summed E-state index contributed by atoms with van der Waals surface area (Å²) < 4.78 is 68.8. The molecule has 0 saturated carbocycles. The van der Waals surface area contributed by atoms with Gasteiger partial charge in [-0.15, -0.1) is 0 Å². The van der Waals surface area contributed by atoms with Gasteiger partial charge in [-0.1, -0.05) is 30.3 Å². The van der Waals surface area contributed by atoms with Gasteiger partial charge in [-0.05, 0) is 91.3 Å². The highest BCUT2D eigenvalue weighted by Gasteiger charge is 2.55. The number of fused-ring (bicyclic) bond motifs is 3. The molecule has 3 aromatic rings. The number of aryl methyl sites for hydroxylation is 1. The van der Waals surface area contributed by atoms with Crippen molar-refractivity contribution in [3.8, 4) is 0 Å². The van der Waals surface area contributed by atoms with Crippen molar-refractivity contribution in [2.45, 2.75) is 55.9 Å². The van der Waals surface area contributed by atoms with E-state index in [0.29, 0.717) is 50.3 Å². The van der Waals surface area contributed by atoms with Crippen LogP contribution in [0.4, 0.5) is 22.0 Å². The first kappa shape index (κ1) is 26.8. The van der Waals surface area contributed by atoms with Gasteiger partial charge in [0.05, 0.1) is 5.56 Å². The second-order valence-electron chi connectivity index (χ2n) is 10.5. The number of halogens is 5. The monoisotopic (exact) mass is 543 g/mol. The Hall–Kier alpha value is -3.75. The van der Waals surface area contributed by atoms with E-state index in [1.54, 1.807) is 23.1 Å². The van der Waals surface area contributed by atoms with Crippen LogP contribution in [-0.4, -0.2) is 40.6 Å². The fraction of sp³-hybridized carbons (Fsp3) is 0.333. The first-order chi connectivity index (χ1) is 18.3. The molecule has 9 heteroatoms. The molecule has 1 aliphatic heterocycles. The Balaban J connectivity index is 1.56. The molecule has 3 aromatic carbocycles. The molecule has 0 radical (unpaired) electrons. The van der Waals surface area contributed by atoms with Crippen LogP contribution in [0.15, 0.2) is 66.7 Å². The highest BCUT2D eigenvalue weighted by atomic mass is 19.4. The van der Waals surface area contributed by atoms with E-state index in [1.807, 2.05) is 0 Å². The number of likely N-dealkylation sites (tertiary alicyclic amines) is 1. The minimum Gasteiger partial charge on any atom is -0.478 e. The lowest BCUT2D eigenvalue weighted by Gasteiger charge is -2.44. The summed E-state index contributed by atoms with van der Waals surface area (Å²) in [5.74, 6) is -1.78. The number of rotatable bonds is 5. The molecule has 3 atom stereocenters.